The van der Waals surface area contributed by atoms with Crippen LogP contribution in [0.1, 0.15) is 65.0 Å². The van der Waals surface area contributed by atoms with Gasteiger partial charge in [-0.25, -0.2) is 0 Å². The summed E-state index contributed by atoms with van der Waals surface area (Å²) in [5.41, 5.74) is 2.84. The monoisotopic (exact) mass is 576 g/mol. The molecule has 2 aromatic carbocycles. The molecule has 216 valence electrons. The van der Waals surface area contributed by atoms with Gasteiger partial charge in [0.05, 0.1) is 12.1 Å². The van der Waals surface area contributed by atoms with Crippen LogP contribution < -0.4 is 14.2 Å². The highest BCUT2D eigenvalue weighted by molar-refractivity contribution is 7.10. The second-order valence-electron chi connectivity index (χ2n) is 11.1. The van der Waals surface area contributed by atoms with Crippen LogP contribution in [0.4, 0.5) is 0 Å². The average molecular weight is 577 g/mol. The molecule has 41 heavy (non-hydrogen) atoms. The van der Waals surface area contributed by atoms with Crippen LogP contribution in [0.15, 0.2) is 53.9 Å². The van der Waals surface area contributed by atoms with Gasteiger partial charge in [-0.15, -0.1) is 11.3 Å². The van der Waals surface area contributed by atoms with Gasteiger partial charge in [0.1, 0.15) is 18.9 Å². The first-order valence-electron chi connectivity index (χ1n) is 14.4. The summed E-state index contributed by atoms with van der Waals surface area (Å²) in [4.78, 5) is 32.5. The molecule has 1 saturated heterocycles. The van der Waals surface area contributed by atoms with Crippen LogP contribution in [0.3, 0.4) is 0 Å². The van der Waals surface area contributed by atoms with Gasteiger partial charge in [-0.1, -0.05) is 26.0 Å². The molecule has 0 unspecified atom stereocenters. The number of benzene rings is 2. The molecule has 3 aromatic rings. The van der Waals surface area contributed by atoms with Crippen molar-refractivity contribution in [1.29, 1.82) is 0 Å². The van der Waals surface area contributed by atoms with Crippen LogP contribution in [0.25, 0.3) is 0 Å². The summed E-state index contributed by atoms with van der Waals surface area (Å²) in [6.07, 6.45) is 2.53. The predicted octanol–water partition coefficient (Wildman–Crippen LogP) is 5.43. The lowest BCUT2D eigenvalue weighted by atomic mass is 10.00. The molecule has 2 amide bonds. The number of amides is 2. The van der Waals surface area contributed by atoms with E-state index in [9.17, 15) is 9.59 Å². The van der Waals surface area contributed by atoms with Crippen LogP contribution >= 0.6 is 11.3 Å². The van der Waals surface area contributed by atoms with E-state index in [1.165, 1.54) is 10.4 Å². The minimum Gasteiger partial charge on any atom is -0.491 e. The van der Waals surface area contributed by atoms with E-state index < -0.39 is 0 Å². The van der Waals surface area contributed by atoms with Crippen LogP contribution in [0.5, 0.6) is 17.2 Å². The summed E-state index contributed by atoms with van der Waals surface area (Å²) in [7, 11) is 0. The molecule has 3 aliphatic heterocycles. The Morgan fingerprint density at radius 2 is 1.93 bits per heavy atom. The quantitative estimate of drug-likeness (QED) is 0.338. The average Bonchev–Trinajstić information content (AvgIpc) is 3.77. The summed E-state index contributed by atoms with van der Waals surface area (Å²) >= 11 is 1.72. The number of nitrogens with zero attached hydrogens (tertiary/aromatic N) is 2. The number of carbonyl (C=O) groups is 2. The lowest BCUT2D eigenvalue weighted by Gasteiger charge is -2.37. The SMILES string of the molecule is CC(C)c1ccc(OC[C@@H]2c3ccsc3CCN2C(=O)CN(C[C@@H]2CCCO2)C(=O)c2ccc3c(c2)OCO3)cc1. The largest absolute Gasteiger partial charge is 0.491 e. The normalized spacial score (nSPS) is 19.3. The molecule has 0 N–H and O–H groups in total. The molecule has 1 aromatic heterocycles. The van der Waals surface area contributed by atoms with Crippen LogP contribution in [-0.2, 0) is 16.0 Å². The molecule has 3 aliphatic rings. The summed E-state index contributed by atoms with van der Waals surface area (Å²) < 4.78 is 23.0. The van der Waals surface area contributed by atoms with Crippen LogP contribution in [-0.4, -0.2) is 67.4 Å². The Bertz CT molecular complexity index is 1380. The second kappa shape index (κ2) is 12.1. The Labute approximate surface area is 244 Å². The van der Waals surface area contributed by atoms with Gasteiger partial charge in [0.25, 0.3) is 5.91 Å². The Hall–Kier alpha value is -3.56. The number of rotatable bonds is 9. The van der Waals surface area contributed by atoms with E-state index in [0.29, 0.717) is 49.3 Å². The Balaban J connectivity index is 1.20. The van der Waals surface area contributed by atoms with Gasteiger partial charge in [0, 0.05) is 30.1 Å². The number of ether oxygens (including phenoxy) is 4. The molecule has 0 bridgehead atoms. The number of fused-ring (bicyclic) bond motifs is 2. The van der Waals surface area contributed by atoms with Crippen molar-refractivity contribution >= 4 is 23.2 Å². The van der Waals surface area contributed by atoms with E-state index in [4.69, 9.17) is 18.9 Å². The van der Waals surface area contributed by atoms with Gasteiger partial charge in [-0.2, -0.15) is 0 Å². The van der Waals surface area contributed by atoms with E-state index >= 15 is 0 Å². The highest BCUT2D eigenvalue weighted by Gasteiger charge is 2.35. The third kappa shape index (κ3) is 6.06. The lowest BCUT2D eigenvalue weighted by molar-refractivity contribution is -0.135. The van der Waals surface area contributed by atoms with Crippen molar-refractivity contribution in [2.45, 2.75) is 51.2 Å². The molecule has 6 rings (SSSR count). The van der Waals surface area contributed by atoms with Crippen molar-refractivity contribution in [2.24, 2.45) is 0 Å². The van der Waals surface area contributed by atoms with Crippen molar-refractivity contribution in [3.8, 4) is 17.2 Å². The molecule has 8 nitrogen and oxygen atoms in total. The molecule has 0 saturated carbocycles. The van der Waals surface area contributed by atoms with Crippen molar-refractivity contribution < 1.29 is 28.5 Å². The Morgan fingerprint density at radius 3 is 2.71 bits per heavy atom. The molecule has 0 aliphatic carbocycles. The van der Waals surface area contributed by atoms with E-state index in [1.54, 1.807) is 34.4 Å². The summed E-state index contributed by atoms with van der Waals surface area (Å²) in [5.74, 6) is 2.06. The maximum Gasteiger partial charge on any atom is 0.254 e. The molecule has 2 atom stereocenters. The topological polar surface area (TPSA) is 77.5 Å². The fourth-order valence-electron chi connectivity index (χ4n) is 5.72. The fourth-order valence-corrected chi connectivity index (χ4v) is 6.65. The van der Waals surface area contributed by atoms with Gasteiger partial charge in [0.15, 0.2) is 11.5 Å². The van der Waals surface area contributed by atoms with Crippen molar-refractivity contribution in [1.82, 2.24) is 9.80 Å². The zero-order valence-electron chi connectivity index (χ0n) is 23.5. The van der Waals surface area contributed by atoms with E-state index in [1.807, 2.05) is 17.0 Å². The maximum atomic E-state index is 14.0. The Morgan fingerprint density at radius 1 is 1.10 bits per heavy atom. The number of carbonyl (C=O) groups excluding carboxylic acids is 2. The number of hydrogen-bond donors (Lipinski definition) is 0. The molecule has 9 heteroatoms. The van der Waals surface area contributed by atoms with Crippen molar-refractivity contribution in [2.75, 3.05) is 39.6 Å². The summed E-state index contributed by atoms with van der Waals surface area (Å²) in [6.45, 7) is 6.39. The minimum atomic E-state index is -0.229. The highest BCUT2D eigenvalue weighted by atomic mass is 32.1. The molecule has 0 radical (unpaired) electrons. The third-order valence-electron chi connectivity index (χ3n) is 8.05. The first-order valence-corrected chi connectivity index (χ1v) is 15.2. The zero-order chi connectivity index (χ0) is 28.3. The molecule has 1 fully saturated rings. The zero-order valence-corrected chi connectivity index (χ0v) is 24.4. The highest BCUT2D eigenvalue weighted by Crippen LogP contribution is 2.35. The lowest BCUT2D eigenvalue weighted by Crippen LogP contribution is -2.49. The van der Waals surface area contributed by atoms with Gasteiger partial charge in [0.2, 0.25) is 12.7 Å². The first-order chi connectivity index (χ1) is 20.0. The number of hydrogen-bond acceptors (Lipinski definition) is 7. The molecule has 0 spiro atoms. The molecule has 4 heterocycles. The van der Waals surface area contributed by atoms with E-state index in [0.717, 1.165) is 30.6 Å². The standard InChI is InChI=1S/C32H36N2O6S/c1-21(2)22-5-8-24(9-6-22)38-19-27-26-12-15-41-30(26)11-13-34(27)31(35)18-33(17-25-4-3-14-37-25)32(36)23-7-10-28-29(16-23)40-20-39-28/h5-10,12,15-16,21,25,27H,3-4,11,13-14,17-20H2,1-2H3/t25-,27+/m0/s1. The van der Waals surface area contributed by atoms with Crippen LogP contribution in [0.2, 0.25) is 0 Å². The van der Waals surface area contributed by atoms with Gasteiger partial charge in [-0.3, -0.25) is 9.59 Å². The van der Waals surface area contributed by atoms with Gasteiger partial charge >= 0.3 is 0 Å². The number of thiophene rings is 1. The van der Waals surface area contributed by atoms with Gasteiger partial charge in [-0.05, 0) is 78.1 Å². The van der Waals surface area contributed by atoms with Crippen molar-refractivity contribution in [3.05, 3.63) is 75.5 Å². The second-order valence-corrected chi connectivity index (χ2v) is 12.1. The molecular weight excluding hydrogens is 540 g/mol. The van der Waals surface area contributed by atoms with Gasteiger partial charge < -0.3 is 28.7 Å². The third-order valence-corrected chi connectivity index (χ3v) is 9.05. The minimum absolute atomic E-state index is 0.0355. The van der Waals surface area contributed by atoms with Crippen molar-refractivity contribution in [3.63, 3.8) is 0 Å². The van der Waals surface area contributed by atoms with Crippen LogP contribution in [0, 0.1) is 0 Å². The summed E-state index contributed by atoms with van der Waals surface area (Å²) in [5, 5.41) is 2.08. The molecular formula is C32H36N2O6S. The van der Waals surface area contributed by atoms with E-state index in [2.05, 4.69) is 37.4 Å². The first kappa shape index (κ1) is 27.6. The van der Waals surface area contributed by atoms with E-state index in [-0.39, 0.29) is 37.3 Å². The fraction of sp³-hybridized carbons (Fsp3) is 0.438. The maximum absolute atomic E-state index is 14.0. The smallest absolute Gasteiger partial charge is 0.254 e. The Kier molecular flexibility index (Phi) is 8.16. The predicted molar refractivity (Wildman–Crippen MR) is 156 cm³/mol. The summed E-state index contributed by atoms with van der Waals surface area (Å²) in [6, 6.07) is 15.2.